The maximum atomic E-state index is 12.0. The second-order valence-corrected chi connectivity index (χ2v) is 11.9. The highest BCUT2D eigenvalue weighted by Gasteiger charge is 2.23. The Labute approximate surface area is 224 Å². The lowest BCUT2D eigenvalue weighted by atomic mass is 10.1. The molecule has 0 saturated carbocycles. The van der Waals surface area contributed by atoms with Gasteiger partial charge < -0.3 is 18.4 Å². The number of hydrogen-bond donors (Lipinski definition) is 0. The molecule has 0 aliphatic heterocycles. The van der Waals surface area contributed by atoms with E-state index in [1.807, 2.05) is 0 Å². The van der Waals surface area contributed by atoms with Gasteiger partial charge in [-0.2, -0.15) is 0 Å². The summed E-state index contributed by atoms with van der Waals surface area (Å²) in [6.07, 6.45) is 18.1. The Kier molecular flexibility index (Phi) is 21.2. The molecule has 0 N–H and O–H groups in total. The minimum Gasteiger partial charge on any atom is -0.460 e. The molecule has 0 unspecified atom stereocenters. The second kappa shape index (κ2) is 21.9. The topological polar surface area (TPSA) is 52.6 Å². The summed E-state index contributed by atoms with van der Waals surface area (Å²) in [6, 6.07) is 0. The molecule has 0 aromatic carbocycles. The fourth-order valence-corrected chi connectivity index (χ4v) is 4.18. The number of carbonyl (C=O) groups excluding carboxylic acids is 2. The van der Waals surface area contributed by atoms with Gasteiger partial charge in [-0.05, 0) is 12.8 Å². The van der Waals surface area contributed by atoms with E-state index in [4.69, 9.17) is 9.47 Å². The van der Waals surface area contributed by atoms with Crippen LogP contribution in [0.2, 0.25) is 0 Å². The quantitative estimate of drug-likeness (QED) is 0.0792. The molecular weight excluding hydrogens is 452 g/mol. The zero-order chi connectivity index (χ0) is 27.1. The summed E-state index contributed by atoms with van der Waals surface area (Å²) in [5.74, 6) is -0.115. The number of carbonyl (C=O) groups is 2. The normalized spacial score (nSPS) is 12.1. The van der Waals surface area contributed by atoms with Crippen LogP contribution in [0.3, 0.4) is 0 Å². The van der Waals surface area contributed by atoms with E-state index in [0.29, 0.717) is 26.1 Å². The maximum absolute atomic E-state index is 12.0. The van der Waals surface area contributed by atoms with Gasteiger partial charge in [-0.25, -0.2) is 0 Å². The second-order valence-electron chi connectivity index (χ2n) is 11.9. The third kappa shape index (κ3) is 23.3. The number of unbranched alkanes of at least 4 members (excludes halogenated alkanes) is 12. The first-order valence-corrected chi connectivity index (χ1v) is 15.1. The third-order valence-electron chi connectivity index (χ3n) is 7.20. The van der Waals surface area contributed by atoms with Crippen LogP contribution in [0.25, 0.3) is 0 Å². The summed E-state index contributed by atoms with van der Waals surface area (Å²) in [4.78, 5) is 24.0. The number of quaternary nitrogens is 2. The molecule has 6 nitrogen and oxygen atoms in total. The summed E-state index contributed by atoms with van der Waals surface area (Å²) >= 11 is 0. The van der Waals surface area contributed by atoms with Crippen molar-refractivity contribution < 1.29 is 28.0 Å². The number of likely N-dealkylation sites (N-methyl/N-ethyl adjacent to an activating group) is 2. The van der Waals surface area contributed by atoms with Gasteiger partial charge in [-0.1, -0.05) is 90.9 Å². The highest BCUT2D eigenvalue weighted by atomic mass is 16.5. The van der Waals surface area contributed by atoms with Gasteiger partial charge in [0.25, 0.3) is 0 Å². The zero-order valence-electron chi connectivity index (χ0n) is 25.1. The molecule has 0 heterocycles. The van der Waals surface area contributed by atoms with Crippen molar-refractivity contribution in [3.05, 3.63) is 0 Å². The summed E-state index contributed by atoms with van der Waals surface area (Å²) in [5, 5.41) is 0. The van der Waals surface area contributed by atoms with E-state index in [2.05, 4.69) is 42.0 Å². The predicted molar refractivity (Wildman–Crippen MR) is 151 cm³/mol. The molecule has 0 rings (SSSR count). The largest absolute Gasteiger partial charge is 0.460 e. The van der Waals surface area contributed by atoms with E-state index in [9.17, 15) is 9.59 Å². The van der Waals surface area contributed by atoms with E-state index in [1.54, 1.807) is 0 Å². The molecule has 0 radical (unpaired) electrons. The van der Waals surface area contributed by atoms with Crippen molar-refractivity contribution in [1.29, 1.82) is 0 Å². The van der Waals surface area contributed by atoms with Crippen molar-refractivity contribution in [3.8, 4) is 0 Å². The first-order valence-electron chi connectivity index (χ1n) is 15.1. The molecule has 0 aliphatic rings. The molecule has 6 heteroatoms. The first kappa shape index (κ1) is 34.9. The van der Waals surface area contributed by atoms with Crippen LogP contribution in [0.15, 0.2) is 0 Å². The molecule has 0 bridgehead atoms. The van der Waals surface area contributed by atoms with Gasteiger partial charge in [0.05, 0.1) is 28.2 Å². The Hall–Kier alpha value is -1.14. The third-order valence-corrected chi connectivity index (χ3v) is 7.20. The number of nitrogens with zero attached hydrogens (tertiary/aromatic N) is 2. The Morgan fingerprint density at radius 1 is 0.472 bits per heavy atom. The van der Waals surface area contributed by atoms with Crippen LogP contribution in [-0.4, -0.2) is 88.5 Å². The highest BCUT2D eigenvalue weighted by Crippen LogP contribution is 2.10. The van der Waals surface area contributed by atoms with Gasteiger partial charge in [-0.3, -0.25) is 9.59 Å². The van der Waals surface area contributed by atoms with Crippen LogP contribution >= 0.6 is 0 Å². The molecule has 0 amide bonds. The lowest BCUT2D eigenvalue weighted by Gasteiger charge is -2.35. The Balaban J connectivity index is 3.86. The number of ether oxygens (including phenoxy) is 2. The van der Waals surface area contributed by atoms with Crippen molar-refractivity contribution in [1.82, 2.24) is 0 Å². The van der Waals surface area contributed by atoms with Crippen LogP contribution < -0.4 is 0 Å². The zero-order valence-corrected chi connectivity index (χ0v) is 25.1. The fraction of sp³-hybridized carbons (Fsp3) is 0.933. The average Bonchev–Trinajstić information content (AvgIpc) is 2.81. The van der Waals surface area contributed by atoms with Crippen molar-refractivity contribution in [2.24, 2.45) is 0 Å². The van der Waals surface area contributed by atoms with E-state index in [1.165, 1.54) is 64.2 Å². The molecule has 0 atom stereocenters. The standard InChI is InChI=1S/C30H62N2O4/c1-7-9-11-13-15-17-19-21-29(33)35-27-25-31(3,4)23-24-32(5,6)26-28-36-30(34)22-20-18-16-14-12-10-8-2/h7-28H2,1-6H3/q+2. The van der Waals surface area contributed by atoms with Gasteiger partial charge in [-0.15, -0.1) is 0 Å². The van der Waals surface area contributed by atoms with Gasteiger partial charge in [0.1, 0.15) is 39.4 Å². The predicted octanol–water partition coefficient (Wildman–Crippen LogP) is 6.51. The summed E-state index contributed by atoms with van der Waals surface area (Å²) in [7, 11) is 8.75. The Morgan fingerprint density at radius 3 is 1.11 bits per heavy atom. The number of hydrogen-bond acceptors (Lipinski definition) is 4. The molecule has 0 spiro atoms. The van der Waals surface area contributed by atoms with Gasteiger partial charge in [0, 0.05) is 12.8 Å². The number of rotatable bonds is 25. The van der Waals surface area contributed by atoms with Crippen LogP contribution in [0.4, 0.5) is 0 Å². The summed E-state index contributed by atoms with van der Waals surface area (Å²) < 4.78 is 12.6. The van der Waals surface area contributed by atoms with Gasteiger partial charge in [0.2, 0.25) is 0 Å². The molecule has 0 fully saturated rings. The van der Waals surface area contributed by atoms with Crippen molar-refractivity contribution in [2.75, 3.05) is 67.6 Å². The Morgan fingerprint density at radius 2 is 0.778 bits per heavy atom. The lowest BCUT2D eigenvalue weighted by molar-refractivity contribution is -0.945. The van der Waals surface area contributed by atoms with Crippen LogP contribution in [0, 0.1) is 0 Å². The van der Waals surface area contributed by atoms with Gasteiger partial charge >= 0.3 is 11.9 Å². The number of esters is 2. The van der Waals surface area contributed by atoms with E-state index in [0.717, 1.165) is 60.8 Å². The maximum Gasteiger partial charge on any atom is 0.305 e. The molecule has 214 valence electrons. The molecular formula is C30H62N2O4+2. The van der Waals surface area contributed by atoms with Crippen molar-refractivity contribution >= 4 is 11.9 Å². The van der Waals surface area contributed by atoms with E-state index >= 15 is 0 Å². The summed E-state index contributed by atoms with van der Waals surface area (Å²) in [6.45, 7) is 9.01. The van der Waals surface area contributed by atoms with Crippen LogP contribution in [0.5, 0.6) is 0 Å². The first-order chi connectivity index (χ1) is 17.1. The molecule has 0 aromatic heterocycles. The lowest BCUT2D eigenvalue weighted by Crippen LogP contribution is -2.52. The minimum atomic E-state index is -0.0574. The van der Waals surface area contributed by atoms with Crippen molar-refractivity contribution in [2.45, 2.75) is 117 Å². The summed E-state index contributed by atoms with van der Waals surface area (Å²) in [5.41, 5.74) is 0. The van der Waals surface area contributed by atoms with Crippen molar-refractivity contribution in [3.63, 3.8) is 0 Å². The van der Waals surface area contributed by atoms with Crippen LogP contribution in [0.1, 0.15) is 117 Å². The minimum absolute atomic E-state index is 0.0574. The Bertz CT molecular complexity index is 501. The molecule has 0 aliphatic carbocycles. The van der Waals surface area contributed by atoms with Gasteiger partial charge in [0.15, 0.2) is 0 Å². The highest BCUT2D eigenvalue weighted by molar-refractivity contribution is 5.69. The fourth-order valence-electron chi connectivity index (χ4n) is 4.18. The van der Waals surface area contributed by atoms with E-state index in [-0.39, 0.29) is 11.9 Å². The van der Waals surface area contributed by atoms with Crippen LogP contribution in [-0.2, 0) is 19.1 Å². The molecule has 0 saturated heterocycles. The average molecular weight is 515 g/mol. The molecule has 36 heavy (non-hydrogen) atoms. The van der Waals surface area contributed by atoms with E-state index < -0.39 is 0 Å². The SMILES string of the molecule is CCCCCCCCCC(=O)OCC[N+](C)(C)CC[N+](C)(C)CCOC(=O)CCCCCCCCC. The molecule has 0 aromatic rings. The smallest absolute Gasteiger partial charge is 0.305 e. The monoisotopic (exact) mass is 514 g/mol.